The van der Waals surface area contributed by atoms with Gasteiger partial charge >= 0.3 is 0 Å². The molecule has 2 rings (SSSR count). The number of fused-ring (bicyclic) bond motifs is 1. The Kier molecular flexibility index (Phi) is 1.06. The molecule has 11 heavy (non-hydrogen) atoms. The molecule has 0 atom stereocenters. The average molecular weight is 149 g/mol. The lowest BCUT2D eigenvalue weighted by atomic mass is 10.2. The lowest BCUT2D eigenvalue weighted by Gasteiger charge is -1.95. The zero-order valence-electron chi connectivity index (χ0n) is 5.74. The van der Waals surface area contributed by atoms with Crippen molar-refractivity contribution in [3.8, 4) is 5.75 Å². The molecule has 0 radical (unpaired) electrons. The van der Waals surface area contributed by atoms with Gasteiger partial charge in [-0.1, -0.05) is 0 Å². The molecule has 56 valence electrons. The highest BCUT2D eigenvalue weighted by Crippen LogP contribution is 2.29. The van der Waals surface area contributed by atoms with Crippen molar-refractivity contribution >= 4 is 16.7 Å². The number of nitrogens with two attached hydrogens (primary N) is 1. The van der Waals surface area contributed by atoms with Crippen molar-refractivity contribution in [3.05, 3.63) is 24.5 Å². The molecule has 0 amide bonds. The quantitative estimate of drug-likeness (QED) is 0.443. The summed E-state index contributed by atoms with van der Waals surface area (Å²) in [5.41, 5.74) is 6.66. The summed E-state index contributed by atoms with van der Waals surface area (Å²) in [6.07, 6.45) is 1.50. The topological polar surface area (TPSA) is 59.4 Å². The number of aromatic hydroxyl groups is 1. The number of phenols is 1. The zero-order valence-corrected chi connectivity index (χ0v) is 5.74. The van der Waals surface area contributed by atoms with Gasteiger partial charge in [-0.15, -0.1) is 0 Å². The first-order valence-electron chi connectivity index (χ1n) is 3.23. The third-order valence-electron chi connectivity index (χ3n) is 1.62. The Bertz CT molecular complexity index is 356. The van der Waals surface area contributed by atoms with Crippen LogP contribution in [-0.2, 0) is 0 Å². The molecule has 2 aromatic rings. The van der Waals surface area contributed by atoms with E-state index in [1.165, 1.54) is 6.26 Å². The van der Waals surface area contributed by atoms with Crippen molar-refractivity contribution in [2.75, 3.05) is 5.73 Å². The minimum Gasteiger partial charge on any atom is -0.507 e. The molecular weight excluding hydrogens is 142 g/mol. The number of benzene rings is 1. The zero-order chi connectivity index (χ0) is 7.84. The Hall–Kier alpha value is -1.64. The Morgan fingerprint density at radius 1 is 1.27 bits per heavy atom. The molecule has 0 saturated carbocycles. The molecule has 1 heterocycles. The van der Waals surface area contributed by atoms with Gasteiger partial charge in [-0.25, -0.2) is 0 Å². The largest absolute Gasteiger partial charge is 0.507 e. The maximum absolute atomic E-state index is 9.27. The molecule has 0 aliphatic rings. The summed E-state index contributed by atoms with van der Waals surface area (Å²) >= 11 is 0. The van der Waals surface area contributed by atoms with Crippen LogP contribution in [0.3, 0.4) is 0 Å². The van der Waals surface area contributed by atoms with Gasteiger partial charge in [-0.2, -0.15) is 0 Å². The van der Waals surface area contributed by atoms with E-state index in [1.807, 2.05) is 0 Å². The van der Waals surface area contributed by atoms with E-state index in [2.05, 4.69) is 0 Å². The molecule has 3 heteroatoms. The summed E-state index contributed by atoms with van der Waals surface area (Å²) in [7, 11) is 0. The molecule has 3 nitrogen and oxygen atoms in total. The summed E-state index contributed by atoms with van der Waals surface area (Å²) < 4.78 is 5.04. The van der Waals surface area contributed by atoms with Crippen LogP contribution in [0.1, 0.15) is 0 Å². The van der Waals surface area contributed by atoms with Crippen LogP contribution in [0.4, 0.5) is 5.69 Å². The molecular formula is C8H7NO2. The number of hydrogen-bond donors (Lipinski definition) is 2. The number of rotatable bonds is 0. The SMILES string of the molecule is Nc1ccc(O)c2ccoc12. The Balaban J connectivity index is 2.96. The predicted octanol–water partition coefficient (Wildman–Crippen LogP) is 1.72. The molecule has 0 spiro atoms. The predicted molar refractivity (Wildman–Crippen MR) is 42.3 cm³/mol. The van der Waals surface area contributed by atoms with Crippen LogP contribution in [0.25, 0.3) is 11.0 Å². The summed E-state index contributed by atoms with van der Waals surface area (Å²) in [6.45, 7) is 0. The molecule has 1 aromatic heterocycles. The third-order valence-corrected chi connectivity index (χ3v) is 1.62. The lowest BCUT2D eigenvalue weighted by molar-refractivity contribution is 0.481. The number of anilines is 1. The van der Waals surface area contributed by atoms with E-state index in [-0.39, 0.29) is 5.75 Å². The second kappa shape index (κ2) is 1.92. The third kappa shape index (κ3) is 0.741. The van der Waals surface area contributed by atoms with E-state index in [9.17, 15) is 5.11 Å². The summed E-state index contributed by atoms with van der Waals surface area (Å²) in [4.78, 5) is 0. The van der Waals surface area contributed by atoms with E-state index in [4.69, 9.17) is 10.2 Å². The van der Waals surface area contributed by atoms with E-state index >= 15 is 0 Å². The van der Waals surface area contributed by atoms with E-state index in [1.54, 1.807) is 18.2 Å². The highest BCUT2D eigenvalue weighted by molar-refractivity contribution is 5.92. The van der Waals surface area contributed by atoms with E-state index in [0.717, 1.165) is 0 Å². The Labute approximate surface area is 63.0 Å². The fourth-order valence-corrected chi connectivity index (χ4v) is 1.07. The monoisotopic (exact) mass is 149 g/mol. The fraction of sp³-hybridized carbons (Fsp3) is 0. The summed E-state index contributed by atoms with van der Waals surface area (Å²) in [5.74, 6) is 0.197. The van der Waals surface area contributed by atoms with Crippen molar-refractivity contribution in [2.24, 2.45) is 0 Å². The van der Waals surface area contributed by atoms with Gasteiger partial charge in [-0.3, -0.25) is 0 Å². The number of nitrogen functional groups attached to an aromatic ring is 1. The number of phenolic OH excluding ortho intramolecular Hbond substituents is 1. The first-order valence-corrected chi connectivity index (χ1v) is 3.23. The summed E-state index contributed by atoms with van der Waals surface area (Å²) in [6, 6.07) is 4.84. The van der Waals surface area contributed by atoms with Crippen LogP contribution >= 0.6 is 0 Å². The minimum atomic E-state index is 0.197. The normalized spacial score (nSPS) is 10.5. The maximum atomic E-state index is 9.27. The smallest absolute Gasteiger partial charge is 0.160 e. The van der Waals surface area contributed by atoms with Crippen LogP contribution in [0.2, 0.25) is 0 Å². The highest BCUT2D eigenvalue weighted by atomic mass is 16.3. The van der Waals surface area contributed by atoms with Crippen molar-refractivity contribution < 1.29 is 9.52 Å². The summed E-state index contributed by atoms with van der Waals surface area (Å²) in [5, 5.41) is 9.93. The van der Waals surface area contributed by atoms with Gasteiger partial charge in [0.1, 0.15) is 5.75 Å². The molecule has 1 aromatic carbocycles. The minimum absolute atomic E-state index is 0.197. The molecule has 0 aliphatic carbocycles. The van der Waals surface area contributed by atoms with Crippen LogP contribution in [-0.4, -0.2) is 5.11 Å². The maximum Gasteiger partial charge on any atom is 0.160 e. The van der Waals surface area contributed by atoms with Gasteiger partial charge < -0.3 is 15.3 Å². The standard InChI is InChI=1S/C8H7NO2/c9-6-1-2-7(10)5-3-4-11-8(5)6/h1-4,10H,9H2. The average Bonchev–Trinajstić information content (AvgIpc) is 2.45. The van der Waals surface area contributed by atoms with Crippen molar-refractivity contribution in [1.29, 1.82) is 0 Å². The second-order valence-electron chi connectivity index (χ2n) is 2.34. The fourth-order valence-electron chi connectivity index (χ4n) is 1.07. The lowest BCUT2D eigenvalue weighted by Crippen LogP contribution is -1.83. The van der Waals surface area contributed by atoms with Gasteiger partial charge in [0.15, 0.2) is 5.58 Å². The molecule has 3 N–H and O–H groups in total. The van der Waals surface area contributed by atoms with Crippen LogP contribution in [0.15, 0.2) is 28.9 Å². The van der Waals surface area contributed by atoms with Gasteiger partial charge in [0.05, 0.1) is 17.3 Å². The molecule has 0 saturated heterocycles. The van der Waals surface area contributed by atoms with Gasteiger partial charge in [0, 0.05) is 0 Å². The molecule has 0 bridgehead atoms. The van der Waals surface area contributed by atoms with E-state index in [0.29, 0.717) is 16.7 Å². The number of furan rings is 1. The second-order valence-corrected chi connectivity index (χ2v) is 2.34. The van der Waals surface area contributed by atoms with Gasteiger partial charge in [0.2, 0.25) is 0 Å². The first kappa shape index (κ1) is 6.09. The van der Waals surface area contributed by atoms with Crippen LogP contribution < -0.4 is 5.73 Å². The van der Waals surface area contributed by atoms with E-state index < -0.39 is 0 Å². The van der Waals surface area contributed by atoms with Crippen molar-refractivity contribution in [2.45, 2.75) is 0 Å². The van der Waals surface area contributed by atoms with Crippen LogP contribution in [0.5, 0.6) is 5.75 Å². The van der Waals surface area contributed by atoms with Crippen molar-refractivity contribution in [3.63, 3.8) is 0 Å². The van der Waals surface area contributed by atoms with Crippen molar-refractivity contribution in [1.82, 2.24) is 0 Å². The molecule has 0 aliphatic heterocycles. The van der Waals surface area contributed by atoms with Crippen LogP contribution in [0, 0.1) is 0 Å². The molecule has 0 fully saturated rings. The van der Waals surface area contributed by atoms with Gasteiger partial charge in [0.25, 0.3) is 0 Å². The number of hydrogen-bond acceptors (Lipinski definition) is 3. The Morgan fingerprint density at radius 2 is 2.09 bits per heavy atom. The highest BCUT2D eigenvalue weighted by Gasteiger charge is 2.04. The first-order chi connectivity index (χ1) is 5.29. The molecule has 0 unspecified atom stereocenters. The van der Waals surface area contributed by atoms with Gasteiger partial charge in [-0.05, 0) is 18.2 Å². The Morgan fingerprint density at radius 3 is 2.82 bits per heavy atom.